The van der Waals surface area contributed by atoms with E-state index in [0.717, 1.165) is 0 Å². The molecule has 1 aliphatic heterocycles. The van der Waals surface area contributed by atoms with Crippen molar-refractivity contribution in [1.29, 1.82) is 0 Å². The minimum Gasteiger partial charge on any atom is -0.277 e. The zero-order valence-corrected chi connectivity index (χ0v) is 9.66. The molecule has 0 aliphatic carbocycles. The first-order valence-electron chi connectivity index (χ1n) is 5.23. The van der Waals surface area contributed by atoms with Gasteiger partial charge in [-0.1, -0.05) is 26.0 Å². The number of rotatable bonds is 3. The summed E-state index contributed by atoms with van der Waals surface area (Å²) in [6.45, 7) is 5.40. The molecule has 0 aromatic carbocycles. The lowest BCUT2D eigenvalue weighted by Crippen LogP contribution is -2.64. The van der Waals surface area contributed by atoms with Crippen LogP contribution in [0.1, 0.15) is 27.2 Å². The van der Waals surface area contributed by atoms with Crippen LogP contribution in [0.15, 0.2) is 12.2 Å². The van der Waals surface area contributed by atoms with Crippen molar-refractivity contribution in [1.82, 2.24) is 10.6 Å². The zero-order valence-electron chi connectivity index (χ0n) is 9.66. The maximum absolute atomic E-state index is 11.9. The Balaban J connectivity index is 3.11. The second kappa shape index (κ2) is 4.47. The summed E-state index contributed by atoms with van der Waals surface area (Å²) in [5.41, 5.74) is -1.18. The lowest BCUT2D eigenvalue weighted by molar-refractivity contribution is -0.147. The highest BCUT2D eigenvalue weighted by Gasteiger charge is 2.51. The Bertz CT molecular complexity index is 338. The first-order chi connectivity index (χ1) is 7.45. The Kier molecular flexibility index (Phi) is 3.47. The topological polar surface area (TPSA) is 75.3 Å². The third kappa shape index (κ3) is 1.85. The maximum Gasteiger partial charge on any atom is 0.328 e. The number of urea groups is 1. The van der Waals surface area contributed by atoms with Crippen LogP contribution in [-0.4, -0.2) is 17.8 Å². The zero-order chi connectivity index (χ0) is 12.3. The SMILES string of the molecule is C/C=C\CC1(C(C)C)C(=O)NC(=O)NC1=O. The van der Waals surface area contributed by atoms with Gasteiger partial charge in [-0.25, -0.2) is 4.79 Å². The Morgan fingerprint density at radius 2 is 1.69 bits per heavy atom. The van der Waals surface area contributed by atoms with Gasteiger partial charge in [-0.05, 0) is 19.3 Å². The summed E-state index contributed by atoms with van der Waals surface area (Å²) in [6, 6.07) is -0.744. The second-order valence-electron chi connectivity index (χ2n) is 4.14. The third-order valence-corrected chi connectivity index (χ3v) is 2.93. The van der Waals surface area contributed by atoms with Crippen molar-refractivity contribution in [2.75, 3.05) is 0 Å². The van der Waals surface area contributed by atoms with Crippen LogP contribution in [0, 0.1) is 11.3 Å². The van der Waals surface area contributed by atoms with Crippen molar-refractivity contribution in [3.05, 3.63) is 12.2 Å². The molecule has 88 valence electrons. The van der Waals surface area contributed by atoms with Crippen LogP contribution in [0.5, 0.6) is 0 Å². The van der Waals surface area contributed by atoms with Gasteiger partial charge < -0.3 is 0 Å². The maximum atomic E-state index is 11.9. The fourth-order valence-corrected chi connectivity index (χ4v) is 1.81. The molecule has 1 saturated heterocycles. The van der Waals surface area contributed by atoms with Crippen molar-refractivity contribution >= 4 is 17.8 Å². The van der Waals surface area contributed by atoms with Crippen LogP contribution in [0.25, 0.3) is 0 Å². The smallest absolute Gasteiger partial charge is 0.277 e. The van der Waals surface area contributed by atoms with Crippen LogP contribution in [0.2, 0.25) is 0 Å². The molecule has 0 aromatic rings. The van der Waals surface area contributed by atoms with Crippen molar-refractivity contribution in [2.24, 2.45) is 11.3 Å². The molecule has 0 unspecified atom stereocenters. The largest absolute Gasteiger partial charge is 0.328 e. The molecule has 0 bridgehead atoms. The normalized spacial score (nSPS) is 20.1. The van der Waals surface area contributed by atoms with Gasteiger partial charge in [-0.15, -0.1) is 0 Å². The first-order valence-corrected chi connectivity index (χ1v) is 5.23. The summed E-state index contributed by atoms with van der Waals surface area (Å²) < 4.78 is 0. The van der Waals surface area contributed by atoms with E-state index in [1.807, 2.05) is 6.92 Å². The summed E-state index contributed by atoms with van der Waals surface area (Å²) in [5, 5.41) is 4.29. The molecule has 1 heterocycles. The lowest BCUT2D eigenvalue weighted by atomic mass is 9.72. The molecule has 1 aliphatic rings. The summed E-state index contributed by atoms with van der Waals surface area (Å²) in [4.78, 5) is 34.7. The molecule has 0 radical (unpaired) electrons. The van der Waals surface area contributed by atoms with E-state index in [1.54, 1.807) is 26.0 Å². The van der Waals surface area contributed by atoms with Gasteiger partial charge in [0.05, 0.1) is 0 Å². The number of nitrogens with one attached hydrogen (secondary N) is 2. The molecule has 1 rings (SSSR count). The van der Waals surface area contributed by atoms with E-state index in [1.165, 1.54) is 0 Å². The van der Waals surface area contributed by atoms with E-state index in [4.69, 9.17) is 0 Å². The highest BCUT2D eigenvalue weighted by atomic mass is 16.2. The Hall–Kier alpha value is -1.65. The molecule has 5 heteroatoms. The lowest BCUT2D eigenvalue weighted by Gasteiger charge is -2.36. The average molecular weight is 224 g/mol. The number of allylic oxidation sites excluding steroid dienone is 2. The van der Waals surface area contributed by atoms with Gasteiger partial charge in [-0.3, -0.25) is 20.2 Å². The number of imide groups is 2. The van der Waals surface area contributed by atoms with Crippen LogP contribution >= 0.6 is 0 Å². The van der Waals surface area contributed by atoms with Gasteiger partial charge in [0.1, 0.15) is 5.41 Å². The van der Waals surface area contributed by atoms with E-state index < -0.39 is 23.3 Å². The van der Waals surface area contributed by atoms with E-state index >= 15 is 0 Å². The third-order valence-electron chi connectivity index (χ3n) is 2.93. The molecular weight excluding hydrogens is 208 g/mol. The average Bonchev–Trinajstić information content (AvgIpc) is 2.16. The summed E-state index contributed by atoms with van der Waals surface area (Å²) >= 11 is 0. The summed E-state index contributed by atoms with van der Waals surface area (Å²) in [6.07, 6.45) is 3.84. The van der Waals surface area contributed by atoms with Gasteiger partial charge in [0.15, 0.2) is 0 Å². The minimum atomic E-state index is -1.18. The summed E-state index contributed by atoms with van der Waals surface area (Å²) in [5.74, 6) is -1.22. The fourth-order valence-electron chi connectivity index (χ4n) is 1.81. The van der Waals surface area contributed by atoms with Gasteiger partial charge >= 0.3 is 6.03 Å². The Morgan fingerprint density at radius 1 is 1.19 bits per heavy atom. The van der Waals surface area contributed by atoms with E-state index in [2.05, 4.69) is 10.6 Å². The number of hydrogen-bond acceptors (Lipinski definition) is 3. The highest BCUT2D eigenvalue weighted by Crippen LogP contribution is 2.34. The molecule has 0 aromatic heterocycles. The molecule has 2 N–H and O–H groups in total. The molecule has 5 nitrogen and oxygen atoms in total. The Labute approximate surface area is 94.3 Å². The van der Waals surface area contributed by atoms with Crippen LogP contribution in [0.4, 0.5) is 4.79 Å². The van der Waals surface area contributed by atoms with E-state index in [9.17, 15) is 14.4 Å². The molecule has 0 spiro atoms. The van der Waals surface area contributed by atoms with Gasteiger partial charge in [-0.2, -0.15) is 0 Å². The van der Waals surface area contributed by atoms with Crippen LogP contribution in [-0.2, 0) is 9.59 Å². The molecule has 0 atom stereocenters. The molecular formula is C11H16N2O3. The van der Waals surface area contributed by atoms with Crippen molar-refractivity contribution < 1.29 is 14.4 Å². The number of carbonyl (C=O) groups is 3. The predicted molar refractivity (Wildman–Crippen MR) is 58.4 cm³/mol. The standard InChI is InChI=1S/C11H16N2O3/c1-4-5-6-11(7(2)3)8(14)12-10(16)13-9(11)15/h4-5,7H,6H2,1-3H3,(H2,12,13,14,15,16)/b5-4-. The van der Waals surface area contributed by atoms with Crippen molar-refractivity contribution in [2.45, 2.75) is 27.2 Å². The van der Waals surface area contributed by atoms with Crippen LogP contribution in [0.3, 0.4) is 0 Å². The number of carbonyl (C=O) groups excluding carboxylic acids is 3. The number of barbiturate groups is 1. The van der Waals surface area contributed by atoms with Gasteiger partial charge in [0.25, 0.3) is 0 Å². The fraction of sp³-hybridized carbons (Fsp3) is 0.545. The Morgan fingerprint density at radius 3 is 2.06 bits per heavy atom. The van der Waals surface area contributed by atoms with Gasteiger partial charge in [0.2, 0.25) is 11.8 Å². The van der Waals surface area contributed by atoms with E-state index in [0.29, 0.717) is 6.42 Å². The summed E-state index contributed by atoms with van der Waals surface area (Å²) in [7, 11) is 0. The van der Waals surface area contributed by atoms with Crippen molar-refractivity contribution in [3.63, 3.8) is 0 Å². The molecule has 0 saturated carbocycles. The molecule has 4 amide bonds. The monoisotopic (exact) mass is 224 g/mol. The molecule has 1 fully saturated rings. The number of hydrogen-bond donors (Lipinski definition) is 2. The number of amides is 4. The minimum absolute atomic E-state index is 0.184. The quantitative estimate of drug-likeness (QED) is 0.554. The highest BCUT2D eigenvalue weighted by molar-refractivity contribution is 6.19. The molecule has 16 heavy (non-hydrogen) atoms. The predicted octanol–water partition coefficient (Wildman–Crippen LogP) is 0.961. The van der Waals surface area contributed by atoms with E-state index in [-0.39, 0.29) is 5.92 Å². The van der Waals surface area contributed by atoms with Gasteiger partial charge in [0, 0.05) is 0 Å². The second-order valence-corrected chi connectivity index (χ2v) is 4.14. The van der Waals surface area contributed by atoms with Crippen LogP contribution < -0.4 is 10.6 Å². The first kappa shape index (κ1) is 12.4. The van der Waals surface area contributed by atoms with Crippen molar-refractivity contribution in [3.8, 4) is 0 Å².